The zero-order valence-corrected chi connectivity index (χ0v) is 5.79. The van der Waals surface area contributed by atoms with Crippen LogP contribution in [-0.4, -0.2) is 30.8 Å². The molecule has 9 heavy (non-hydrogen) atoms. The van der Waals surface area contributed by atoms with Gasteiger partial charge in [-0.05, 0) is 12.8 Å². The molecule has 0 bridgehead atoms. The molecular formula is C6H11N2O+. The molecule has 0 heterocycles. The lowest BCUT2D eigenvalue weighted by Crippen LogP contribution is -2.31. The Bertz CT molecular complexity index is 154. The van der Waals surface area contributed by atoms with E-state index in [-0.39, 0.29) is 4.59 Å². The number of amides is 1. The second-order valence-electron chi connectivity index (χ2n) is 2.75. The van der Waals surface area contributed by atoms with Gasteiger partial charge < -0.3 is 0 Å². The molecule has 50 valence electrons. The summed E-state index contributed by atoms with van der Waals surface area (Å²) in [5.74, 6) is 0. The van der Waals surface area contributed by atoms with E-state index in [1.54, 1.807) is 14.1 Å². The molecular weight excluding hydrogens is 116 g/mol. The first-order valence-corrected chi connectivity index (χ1v) is 3.02. The van der Waals surface area contributed by atoms with E-state index in [9.17, 15) is 4.79 Å². The summed E-state index contributed by atoms with van der Waals surface area (Å²) in [5.41, 5.74) is 1.16. The molecule has 1 fully saturated rings. The summed E-state index contributed by atoms with van der Waals surface area (Å²) in [6.45, 7) is 0. The minimum atomic E-state index is 0.120. The molecule has 1 rings (SSSR count). The normalized spacial score (nSPS) is 17.3. The van der Waals surface area contributed by atoms with Crippen LogP contribution in [0.1, 0.15) is 12.8 Å². The first-order chi connectivity index (χ1) is 4.14. The first kappa shape index (κ1) is 6.42. The smallest absolute Gasteiger partial charge is 0.231 e. The summed E-state index contributed by atoms with van der Waals surface area (Å²) >= 11 is 0. The number of carbonyl (C=O) groups is 1. The number of hydrogen-bond acceptors (Lipinski definition) is 2. The van der Waals surface area contributed by atoms with Crippen molar-refractivity contribution in [2.24, 2.45) is 5.10 Å². The Kier molecular flexibility index (Phi) is 1.37. The van der Waals surface area contributed by atoms with Crippen LogP contribution >= 0.6 is 0 Å². The molecule has 0 unspecified atom stereocenters. The quantitative estimate of drug-likeness (QED) is 0.299. The van der Waals surface area contributed by atoms with Crippen LogP contribution in [0.2, 0.25) is 0 Å². The number of carbonyl (C=O) groups excluding carboxylic acids is 1. The maximum Gasteiger partial charge on any atom is 0.327 e. The molecule has 0 atom stereocenters. The van der Waals surface area contributed by atoms with Gasteiger partial charge in [-0.1, -0.05) is 5.10 Å². The predicted octanol–water partition coefficient (Wildman–Crippen LogP) is 0.369. The van der Waals surface area contributed by atoms with Gasteiger partial charge in [0.25, 0.3) is 0 Å². The fourth-order valence-electron chi connectivity index (χ4n) is 0.544. The molecule has 1 aliphatic rings. The fraction of sp³-hybridized carbons (Fsp3) is 0.667. The summed E-state index contributed by atoms with van der Waals surface area (Å²) in [4.78, 5) is 10.3. The van der Waals surface area contributed by atoms with Gasteiger partial charge in [0, 0.05) is 0 Å². The topological polar surface area (TPSA) is 29.4 Å². The van der Waals surface area contributed by atoms with Gasteiger partial charge in [-0.25, -0.2) is 4.79 Å². The Labute approximate surface area is 54.6 Å². The molecule has 0 aliphatic heterocycles. The maximum absolute atomic E-state index is 10.3. The zero-order chi connectivity index (χ0) is 6.91. The van der Waals surface area contributed by atoms with E-state index >= 15 is 0 Å². The van der Waals surface area contributed by atoms with Crippen LogP contribution in [0, 0.1) is 0 Å². The molecule has 0 aromatic heterocycles. The molecule has 0 saturated heterocycles. The largest absolute Gasteiger partial charge is 0.327 e. The van der Waals surface area contributed by atoms with Gasteiger partial charge in [0.05, 0.1) is 5.71 Å². The van der Waals surface area contributed by atoms with Crippen LogP contribution < -0.4 is 0 Å². The average Bonchev–Trinajstić information content (AvgIpc) is 2.50. The van der Waals surface area contributed by atoms with Crippen LogP contribution in [0.5, 0.6) is 0 Å². The third-order valence-electron chi connectivity index (χ3n) is 1.13. The molecule has 0 N–H and O–H groups in total. The molecule has 0 radical (unpaired) electrons. The SMILES string of the molecule is C[N+](C)(C=O)N=C1CC1. The van der Waals surface area contributed by atoms with Gasteiger partial charge in [0.1, 0.15) is 14.1 Å². The van der Waals surface area contributed by atoms with Gasteiger partial charge in [-0.15, -0.1) is 4.59 Å². The summed E-state index contributed by atoms with van der Waals surface area (Å²) in [6, 6.07) is 0. The van der Waals surface area contributed by atoms with E-state index in [0.717, 1.165) is 25.0 Å². The summed E-state index contributed by atoms with van der Waals surface area (Å²) in [7, 11) is 3.52. The molecule has 3 heteroatoms. The number of quaternary nitrogens is 1. The van der Waals surface area contributed by atoms with Crippen molar-refractivity contribution < 1.29 is 9.39 Å². The van der Waals surface area contributed by atoms with Crippen LogP contribution in [-0.2, 0) is 4.79 Å². The Morgan fingerprint density at radius 1 is 1.56 bits per heavy atom. The van der Waals surface area contributed by atoms with Crippen molar-refractivity contribution in [3.8, 4) is 0 Å². The maximum atomic E-state index is 10.3. The highest BCUT2D eigenvalue weighted by atomic mass is 16.2. The molecule has 1 amide bonds. The fourth-order valence-corrected chi connectivity index (χ4v) is 0.544. The van der Waals surface area contributed by atoms with Crippen molar-refractivity contribution in [3.05, 3.63) is 0 Å². The van der Waals surface area contributed by atoms with Crippen LogP contribution in [0.25, 0.3) is 0 Å². The molecule has 0 aromatic carbocycles. The van der Waals surface area contributed by atoms with Crippen molar-refractivity contribution >= 4 is 12.1 Å². The summed E-state index contributed by atoms with van der Waals surface area (Å²) < 4.78 is 0.120. The summed E-state index contributed by atoms with van der Waals surface area (Å²) in [6.07, 6.45) is 2.98. The highest BCUT2D eigenvalue weighted by molar-refractivity contribution is 5.97. The number of nitrogens with zero attached hydrogens (tertiary/aromatic N) is 2. The van der Waals surface area contributed by atoms with E-state index in [0.29, 0.717) is 0 Å². The van der Waals surface area contributed by atoms with Crippen molar-refractivity contribution in [3.63, 3.8) is 0 Å². The lowest BCUT2D eigenvalue weighted by molar-refractivity contribution is -0.810. The second-order valence-corrected chi connectivity index (χ2v) is 2.75. The van der Waals surface area contributed by atoms with Crippen molar-refractivity contribution in [2.45, 2.75) is 12.8 Å². The first-order valence-electron chi connectivity index (χ1n) is 3.02. The summed E-state index contributed by atoms with van der Waals surface area (Å²) in [5, 5.41) is 4.12. The second kappa shape index (κ2) is 1.92. The van der Waals surface area contributed by atoms with Crippen molar-refractivity contribution in [2.75, 3.05) is 14.1 Å². The van der Waals surface area contributed by atoms with E-state index < -0.39 is 0 Å². The molecule has 0 aromatic rings. The molecule has 1 saturated carbocycles. The van der Waals surface area contributed by atoms with E-state index in [1.807, 2.05) is 0 Å². The van der Waals surface area contributed by atoms with Crippen molar-refractivity contribution in [1.29, 1.82) is 0 Å². The van der Waals surface area contributed by atoms with Crippen LogP contribution in [0.4, 0.5) is 0 Å². The number of hydrogen-bond donors (Lipinski definition) is 0. The standard InChI is InChI=1S/C6H11N2O/c1-8(2,5-9)7-6-3-4-6/h5H,3-4H2,1-2H3/q+1. The lowest BCUT2D eigenvalue weighted by Gasteiger charge is -2.10. The van der Waals surface area contributed by atoms with Gasteiger partial charge in [0.15, 0.2) is 0 Å². The molecule has 3 nitrogen and oxygen atoms in total. The minimum Gasteiger partial charge on any atom is -0.231 e. The Morgan fingerprint density at radius 2 is 2.11 bits per heavy atom. The highest BCUT2D eigenvalue weighted by Gasteiger charge is 2.21. The van der Waals surface area contributed by atoms with E-state index in [1.165, 1.54) is 0 Å². The number of rotatable bonds is 2. The minimum absolute atomic E-state index is 0.120. The highest BCUT2D eigenvalue weighted by Crippen LogP contribution is 2.15. The third kappa shape index (κ3) is 1.93. The zero-order valence-electron chi connectivity index (χ0n) is 5.79. The van der Waals surface area contributed by atoms with E-state index in [4.69, 9.17) is 0 Å². The third-order valence-corrected chi connectivity index (χ3v) is 1.13. The van der Waals surface area contributed by atoms with Gasteiger partial charge in [-0.3, -0.25) is 0 Å². The average molecular weight is 127 g/mol. The van der Waals surface area contributed by atoms with Gasteiger partial charge >= 0.3 is 6.41 Å². The van der Waals surface area contributed by atoms with Gasteiger partial charge in [0.2, 0.25) is 0 Å². The van der Waals surface area contributed by atoms with Crippen LogP contribution in [0.15, 0.2) is 5.10 Å². The molecule has 1 aliphatic carbocycles. The van der Waals surface area contributed by atoms with Gasteiger partial charge in [-0.2, -0.15) is 0 Å². The van der Waals surface area contributed by atoms with E-state index in [2.05, 4.69) is 5.10 Å². The predicted molar refractivity (Wildman–Crippen MR) is 34.8 cm³/mol. The Morgan fingerprint density at radius 3 is 2.44 bits per heavy atom. The Hall–Kier alpha value is -0.700. The van der Waals surface area contributed by atoms with Crippen molar-refractivity contribution in [1.82, 2.24) is 0 Å². The Balaban J connectivity index is 2.58. The monoisotopic (exact) mass is 127 g/mol. The van der Waals surface area contributed by atoms with Crippen LogP contribution in [0.3, 0.4) is 0 Å². The molecule has 0 spiro atoms. The lowest BCUT2D eigenvalue weighted by atomic mass is 10.8.